The van der Waals surface area contributed by atoms with Crippen molar-refractivity contribution in [3.63, 3.8) is 0 Å². The summed E-state index contributed by atoms with van der Waals surface area (Å²) < 4.78 is 43.0. The lowest BCUT2D eigenvalue weighted by Crippen LogP contribution is -2.27. The molecular weight excluding hydrogens is 257 g/mol. The average Bonchev–Trinajstić information content (AvgIpc) is 2.83. The number of hydrogen-bond donors (Lipinski definition) is 1. The van der Waals surface area contributed by atoms with E-state index >= 15 is 0 Å². The molecule has 0 amide bonds. The minimum absolute atomic E-state index is 0.186. The lowest BCUT2D eigenvalue weighted by molar-refractivity contribution is -0.161. The highest BCUT2D eigenvalue weighted by molar-refractivity contribution is 5.25. The lowest BCUT2D eigenvalue weighted by atomic mass is 9.97. The van der Waals surface area contributed by atoms with Crippen LogP contribution in [0.2, 0.25) is 0 Å². The van der Waals surface area contributed by atoms with Crippen molar-refractivity contribution in [2.75, 3.05) is 26.2 Å². The van der Waals surface area contributed by atoms with Crippen molar-refractivity contribution >= 4 is 0 Å². The molecule has 2 N–H and O–H groups in total. The standard InChI is InChI=1S/C13H19F3N2O/c14-13(15,16)10-3-4-12(11(17)9-10)19-8-7-18-5-1-2-6-18/h3-4,10H,1-2,5-9,17H2. The topological polar surface area (TPSA) is 38.5 Å². The van der Waals surface area contributed by atoms with Gasteiger partial charge in [-0.3, -0.25) is 4.90 Å². The van der Waals surface area contributed by atoms with Gasteiger partial charge in [-0.2, -0.15) is 13.2 Å². The maximum absolute atomic E-state index is 12.5. The third kappa shape index (κ3) is 3.89. The molecule has 0 aromatic carbocycles. The summed E-state index contributed by atoms with van der Waals surface area (Å²) in [6, 6.07) is 0. The SMILES string of the molecule is NC1=C(OCCN2CCCC2)C=CC(C(F)(F)F)C1. The molecule has 1 saturated heterocycles. The van der Waals surface area contributed by atoms with Crippen LogP contribution in [0.3, 0.4) is 0 Å². The summed E-state index contributed by atoms with van der Waals surface area (Å²) in [5.41, 5.74) is 5.84. The van der Waals surface area contributed by atoms with Gasteiger partial charge < -0.3 is 10.5 Å². The van der Waals surface area contributed by atoms with Gasteiger partial charge in [-0.05, 0) is 32.0 Å². The van der Waals surface area contributed by atoms with Crippen molar-refractivity contribution < 1.29 is 17.9 Å². The highest BCUT2D eigenvalue weighted by Crippen LogP contribution is 2.34. The van der Waals surface area contributed by atoms with Crippen LogP contribution < -0.4 is 5.73 Å². The molecule has 1 heterocycles. The maximum Gasteiger partial charge on any atom is 0.395 e. The van der Waals surface area contributed by atoms with Gasteiger partial charge in [-0.1, -0.05) is 6.08 Å². The van der Waals surface area contributed by atoms with E-state index in [0.29, 0.717) is 12.4 Å². The Bertz CT molecular complexity index is 371. The van der Waals surface area contributed by atoms with Gasteiger partial charge in [0.1, 0.15) is 12.4 Å². The second-order valence-electron chi connectivity index (χ2n) is 5.00. The Kier molecular flexibility index (Phi) is 4.39. The van der Waals surface area contributed by atoms with E-state index in [-0.39, 0.29) is 12.1 Å². The highest BCUT2D eigenvalue weighted by Gasteiger charge is 2.39. The smallest absolute Gasteiger partial charge is 0.395 e. The Morgan fingerprint density at radius 1 is 1.32 bits per heavy atom. The van der Waals surface area contributed by atoms with Gasteiger partial charge in [-0.15, -0.1) is 0 Å². The molecule has 108 valence electrons. The molecule has 0 aromatic heterocycles. The molecule has 0 aromatic rings. The van der Waals surface area contributed by atoms with E-state index in [9.17, 15) is 13.2 Å². The monoisotopic (exact) mass is 276 g/mol. The van der Waals surface area contributed by atoms with E-state index in [4.69, 9.17) is 10.5 Å². The Morgan fingerprint density at radius 2 is 2.00 bits per heavy atom. The van der Waals surface area contributed by atoms with Crippen LogP contribution in [0.5, 0.6) is 0 Å². The summed E-state index contributed by atoms with van der Waals surface area (Å²) in [6.45, 7) is 3.41. The Hall–Kier alpha value is -1.17. The molecular formula is C13H19F3N2O. The fraction of sp³-hybridized carbons (Fsp3) is 0.692. The first-order chi connectivity index (χ1) is 8.97. The van der Waals surface area contributed by atoms with E-state index in [1.165, 1.54) is 18.9 Å². The van der Waals surface area contributed by atoms with E-state index in [1.807, 2.05) is 0 Å². The number of rotatable bonds is 4. The summed E-state index contributed by atoms with van der Waals surface area (Å²) in [7, 11) is 0. The van der Waals surface area contributed by atoms with Crippen LogP contribution in [0.4, 0.5) is 13.2 Å². The molecule has 0 bridgehead atoms. The molecule has 3 nitrogen and oxygen atoms in total. The zero-order chi connectivity index (χ0) is 13.9. The normalized spacial score (nSPS) is 25.1. The zero-order valence-electron chi connectivity index (χ0n) is 10.7. The van der Waals surface area contributed by atoms with Crippen molar-refractivity contribution in [2.24, 2.45) is 11.7 Å². The van der Waals surface area contributed by atoms with Gasteiger partial charge in [0.15, 0.2) is 0 Å². The quantitative estimate of drug-likeness (QED) is 0.857. The Labute approximate surface area is 110 Å². The van der Waals surface area contributed by atoms with Gasteiger partial charge in [0.05, 0.1) is 11.6 Å². The predicted molar refractivity (Wildman–Crippen MR) is 66.1 cm³/mol. The molecule has 2 aliphatic rings. The first-order valence-corrected chi connectivity index (χ1v) is 6.55. The van der Waals surface area contributed by atoms with Crippen LogP contribution in [-0.2, 0) is 4.74 Å². The third-order valence-electron chi connectivity index (χ3n) is 3.52. The summed E-state index contributed by atoms with van der Waals surface area (Å²) in [4.78, 5) is 2.28. The summed E-state index contributed by atoms with van der Waals surface area (Å²) in [6.07, 6.45) is 0.444. The fourth-order valence-electron chi connectivity index (χ4n) is 2.37. The van der Waals surface area contributed by atoms with Crippen LogP contribution in [-0.4, -0.2) is 37.3 Å². The highest BCUT2D eigenvalue weighted by atomic mass is 19.4. The van der Waals surface area contributed by atoms with Crippen molar-refractivity contribution in [2.45, 2.75) is 25.4 Å². The van der Waals surface area contributed by atoms with E-state index < -0.39 is 12.1 Å². The first kappa shape index (κ1) is 14.2. The zero-order valence-corrected chi connectivity index (χ0v) is 10.7. The molecule has 1 unspecified atom stereocenters. The number of alkyl halides is 3. The number of hydrogen-bond acceptors (Lipinski definition) is 3. The Morgan fingerprint density at radius 3 is 2.58 bits per heavy atom. The number of nitrogens with zero attached hydrogens (tertiary/aromatic N) is 1. The molecule has 0 saturated carbocycles. The molecule has 6 heteroatoms. The second kappa shape index (κ2) is 5.86. The number of allylic oxidation sites excluding steroid dienone is 3. The molecule has 0 spiro atoms. The molecule has 0 radical (unpaired) electrons. The van der Waals surface area contributed by atoms with Crippen molar-refractivity contribution in [3.05, 3.63) is 23.6 Å². The summed E-state index contributed by atoms with van der Waals surface area (Å²) >= 11 is 0. The number of ether oxygens (including phenoxy) is 1. The van der Waals surface area contributed by atoms with Gasteiger partial charge in [0, 0.05) is 13.0 Å². The average molecular weight is 276 g/mol. The summed E-state index contributed by atoms with van der Waals surface area (Å²) in [5.74, 6) is -1.10. The minimum atomic E-state index is -4.23. The second-order valence-corrected chi connectivity index (χ2v) is 5.00. The van der Waals surface area contributed by atoms with Gasteiger partial charge in [0.2, 0.25) is 0 Å². The molecule has 19 heavy (non-hydrogen) atoms. The number of nitrogens with two attached hydrogens (primary N) is 1. The van der Waals surface area contributed by atoms with Gasteiger partial charge in [0.25, 0.3) is 0 Å². The Balaban J connectivity index is 1.79. The third-order valence-corrected chi connectivity index (χ3v) is 3.52. The van der Waals surface area contributed by atoms with E-state index in [1.54, 1.807) is 0 Å². The van der Waals surface area contributed by atoms with Crippen LogP contribution in [0.1, 0.15) is 19.3 Å². The van der Waals surface area contributed by atoms with Crippen molar-refractivity contribution in [3.8, 4) is 0 Å². The molecule has 1 atom stereocenters. The van der Waals surface area contributed by atoms with E-state index in [2.05, 4.69) is 4.90 Å². The van der Waals surface area contributed by atoms with Crippen LogP contribution in [0.25, 0.3) is 0 Å². The first-order valence-electron chi connectivity index (χ1n) is 6.55. The number of likely N-dealkylation sites (tertiary alicyclic amines) is 1. The van der Waals surface area contributed by atoms with Gasteiger partial charge >= 0.3 is 6.18 Å². The van der Waals surface area contributed by atoms with Crippen LogP contribution >= 0.6 is 0 Å². The molecule has 2 rings (SSSR count). The van der Waals surface area contributed by atoms with Crippen molar-refractivity contribution in [1.82, 2.24) is 4.90 Å². The number of halogens is 3. The van der Waals surface area contributed by atoms with Crippen LogP contribution in [0.15, 0.2) is 23.6 Å². The minimum Gasteiger partial charge on any atom is -0.490 e. The molecule has 1 fully saturated rings. The van der Waals surface area contributed by atoms with Crippen LogP contribution in [0, 0.1) is 5.92 Å². The molecule has 1 aliphatic heterocycles. The predicted octanol–water partition coefficient (Wildman–Crippen LogP) is 2.41. The maximum atomic E-state index is 12.5. The molecule has 1 aliphatic carbocycles. The summed E-state index contributed by atoms with van der Waals surface area (Å²) in [5, 5.41) is 0. The van der Waals surface area contributed by atoms with Crippen molar-refractivity contribution in [1.29, 1.82) is 0 Å². The lowest BCUT2D eigenvalue weighted by Gasteiger charge is -2.23. The van der Waals surface area contributed by atoms with Gasteiger partial charge in [-0.25, -0.2) is 0 Å². The fourth-order valence-corrected chi connectivity index (χ4v) is 2.37. The largest absolute Gasteiger partial charge is 0.490 e. The van der Waals surface area contributed by atoms with E-state index in [0.717, 1.165) is 25.7 Å².